The summed E-state index contributed by atoms with van der Waals surface area (Å²) in [5.41, 5.74) is 2.17. The maximum atomic E-state index is 13.5. The Morgan fingerprint density at radius 2 is 2.03 bits per heavy atom. The van der Waals surface area contributed by atoms with Gasteiger partial charge in [0.2, 0.25) is 5.88 Å². The van der Waals surface area contributed by atoms with Crippen LogP contribution in [0.25, 0.3) is 0 Å². The number of anilines is 3. The number of morpholine rings is 1. The first-order valence-electron chi connectivity index (χ1n) is 11.2. The molecule has 2 N–H and O–H groups in total. The van der Waals surface area contributed by atoms with Gasteiger partial charge < -0.3 is 24.8 Å². The number of rotatable bonds is 7. The highest BCUT2D eigenvalue weighted by atomic mass is 35.5. The smallest absolute Gasteiger partial charge is 0.248 e. The first-order valence-corrected chi connectivity index (χ1v) is 11.6. The first kappa shape index (κ1) is 22.6. The van der Waals surface area contributed by atoms with E-state index in [1.54, 1.807) is 6.07 Å². The molecule has 34 heavy (non-hydrogen) atoms. The highest BCUT2D eigenvalue weighted by molar-refractivity contribution is 6.31. The molecule has 2 aromatic carbocycles. The molecule has 5 rings (SSSR count). The van der Waals surface area contributed by atoms with E-state index >= 15 is 0 Å². The van der Waals surface area contributed by atoms with Crippen molar-refractivity contribution in [2.45, 2.75) is 13.0 Å². The summed E-state index contributed by atoms with van der Waals surface area (Å²) in [6, 6.07) is 10.2. The van der Waals surface area contributed by atoms with Crippen LogP contribution in [0.5, 0.6) is 17.4 Å². The Labute approximate surface area is 202 Å². The van der Waals surface area contributed by atoms with Gasteiger partial charge in [0, 0.05) is 43.5 Å². The summed E-state index contributed by atoms with van der Waals surface area (Å²) in [4.78, 5) is 11.0. The standard InChI is InChI=1S/C24H25ClFN5O3/c25-19-12-17(3-5-20(19)26)30-23-22-24(29-15-28-23)34-21-13-18(4-2-16(21)14-27-22)33-9-1-6-31-7-10-32-11-8-31/h2-5,12-13,15,27H,1,6-11,14H2,(H,28,29,30). The molecule has 1 fully saturated rings. The van der Waals surface area contributed by atoms with Gasteiger partial charge in [-0.05, 0) is 36.8 Å². The van der Waals surface area contributed by atoms with E-state index in [4.69, 9.17) is 25.8 Å². The highest BCUT2D eigenvalue weighted by Crippen LogP contribution is 2.39. The minimum absolute atomic E-state index is 0.0271. The van der Waals surface area contributed by atoms with Crippen molar-refractivity contribution in [1.82, 2.24) is 14.9 Å². The molecule has 0 saturated carbocycles. The Bertz CT molecular complexity index is 1160. The van der Waals surface area contributed by atoms with Crippen molar-refractivity contribution < 1.29 is 18.6 Å². The maximum absolute atomic E-state index is 13.5. The van der Waals surface area contributed by atoms with Gasteiger partial charge in [-0.15, -0.1) is 0 Å². The predicted octanol–water partition coefficient (Wildman–Crippen LogP) is 4.83. The fourth-order valence-electron chi connectivity index (χ4n) is 3.87. The fraction of sp³-hybridized carbons (Fsp3) is 0.333. The van der Waals surface area contributed by atoms with Crippen LogP contribution >= 0.6 is 11.6 Å². The molecule has 0 bridgehead atoms. The zero-order valence-corrected chi connectivity index (χ0v) is 19.3. The van der Waals surface area contributed by atoms with Gasteiger partial charge in [-0.3, -0.25) is 4.90 Å². The van der Waals surface area contributed by atoms with Crippen molar-refractivity contribution in [2.24, 2.45) is 0 Å². The topological polar surface area (TPSA) is 80.8 Å². The van der Waals surface area contributed by atoms with Crippen molar-refractivity contribution in [3.05, 3.63) is 59.1 Å². The summed E-state index contributed by atoms with van der Waals surface area (Å²) in [7, 11) is 0. The summed E-state index contributed by atoms with van der Waals surface area (Å²) in [5, 5.41) is 6.50. The van der Waals surface area contributed by atoms with Gasteiger partial charge >= 0.3 is 0 Å². The van der Waals surface area contributed by atoms with Gasteiger partial charge in [0.1, 0.15) is 29.3 Å². The van der Waals surface area contributed by atoms with Crippen LogP contribution in [0.2, 0.25) is 5.02 Å². The third kappa shape index (κ3) is 5.32. The number of hydrogen-bond donors (Lipinski definition) is 2. The van der Waals surface area contributed by atoms with E-state index in [0.717, 1.165) is 50.6 Å². The van der Waals surface area contributed by atoms with Gasteiger partial charge in [0.05, 0.1) is 24.8 Å². The van der Waals surface area contributed by atoms with E-state index < -0.39 is 5.82 Å². The minimum atomic E-state index is -0.482. The van der Waals surface area contributed by atoms with E-state index in [0.29, 0.717) is 42.0 Å². The van der Waals surface area contributed by atoms with Crippen LogP contribution in [0.15, 0.2) is 42.7 Å². The molecule has 0 atom stereocenters. The lowest BCUT2D eigenvalue weighted by atomic mass is 10.2. The Morgan fingerprint density at radius 1 is 1.15 bits per heavy atom. The van der Waals surface area contributed by atoms with Crippen LogP contribution in [0.1, 0.15) is 12.0 Å². The summed E-state index contributed by atoms with van der Waals surface area (Å²) in [5.74, 6) is 1.82. The molecule has 2 aliphatic rings. The zero-order chi connectivity index (χ0) is 23.3. The molecule has 8 nitrogen and oxygen atoms in total. The molecule has 1 aromatic heterocycles. The lowest BCUT2D eigenvalue weighted by Gasteiger charge is -2.26. The van der Waals surface area contributed by atoms with Gasteiger partial charge in [-0.1, -0.05) is 11.6 Å². The largest absolute Gasteiger partial charge is 0.493 e. The normalized spacial score (nSPS) is 15.4. The van der Waals surface area contributed by atoms with E-state index in [2.05, 4.69) is 25.5 Å². The summed E-state index contributed by atoms with van der Waals surface area (Å²) >= 11 is 5.90. The van der Waals surface area contributed by atoms with Crippen molar-refractivity contribution >= 4 is 28.8 Å². The van der Waals surface area contributed by atoms with E-state index in [-0.39, 0.29) is 5.02 Å². The van der Waals surface area contributed by atoms with Crippen LogP contribution in [0.4, 0.5) is 21.6 Å². The lowest BCUT2D eigenvalue weighted by Crippen LogP contribution is -2.37. The Hall–Kier alpha value is -3.14. The third-order valence-corrected chi connectivity index (χ3v) is 5.98. The van der Waals surface area contributed by atoms with Crippen LogP contribution in [-0.4, -0.2) is 54.3 Å². The van der Waals surface area contributed by atoms with Gasteiger partial charge in [0.25, 0.3) is 0 Å². The molecular weight excluding hydrogens is 461 g/mol. The number of halogens is 2. The average molecular weight is 486 g/mol. The number of nitrogens with one attached hydrogen (secondary N) is 2. The first-order chi connectivity index (χ1) is 16.7. The van der Waals surface area contributed by atoms with Crippen LogP contribution in [0.3, 0.4) is 0 Å². The monoisotopic (exact) mass is 485 g/mol. The van der Waals surface area contributed by atoms with Crippen LogP contribution in [-0.2, 0) is 11.3 Å². The van der Waals surface area contributed by atoms with E-state index in [1.165, 1.54) is 18.5 Å². The second kappa shape index (κ2) is 10.4. The molecule has 0 spiro atoms. The lowest BCUT2D eigenvalue weighted by molar-refractivity contribution is 0.0358. The number of fused-ring (bicyclic) bond motifs is 2. The maximum Gasteiger partial charge on any atom is 0.248 e. The van der Waals surface area contributed by atoms with E-state index in [9.17, 15) is 4.39 Å². The Kier molecular flexibility index (Phi) is 6.94. The molecule has 0 amide bonds. The third-order valence-electron chi connectivity index (χ3n) is 5.69. The second-order valence-corrected chi connectivity index (χ2v) is 8.44. The number of aromatic nitrogens is 2. The van der Waals surface area contributed by atoms with Crippen LogP contribution < -0.4 is 20.1 Å². The Balaban J connectivity index is 1.25. The minimum Gasteiger partial charge on any atom is -0.493 e. The molecule has 3 heterocycles. The van der Waals surface area contributed by atoms with Crippen molar-refractivity contribution in [2.75, 3.05) is 50.1 Å². The molecule has 2 aliphatic heterocycles. The SMILES string of the molecule is Fc1ccc(Nc2ncnc3c2NCc2ccc(OCCCN4CCOCC4)cc2O3)cc1Cl. The Morgan fingerprint density at radius 3 is 2.88 bits per heavy atom. The van der Waals surface area contributed by atoms with Gasteiger partial charge in [0.15, 0.2) is 5.82 Å². The molecule has 0 radical (unpaired) electrons. The molecule has 178 valence electrons. The van der Waals surface area contributed by atoms with Crippen molar-refractivity contribution in [1.29, 1.82) is 0 Å². The molecule has 0 unspecified atom stereocenters. The number of ether oxygens (including phenoxy) is 3. The summed E-state index contributed by atoms with van der Waals surface area (Å²) in [6.45, 7) is 5.70. The average Bonchev–Trinajstić information content (AvgIpc) is 3.04. The molecule has 1 saturated heterocycles. The molecule has 0 aliphatic carbocycles. The second-order valence-electron chi connectivity index (χ2n) is 8.04. The summed E-state index contributed by atoms with van der Waals surface area (Å²) in [6.07, 6.45) is 2.35. The molecular formula is C24H25ClFN5O3. The van der Waals surface area contributed by atoms with E-state index in [1.807, 2.05) is 18.2 Å². The van der Waals surface area contributed by atoms with Crippen LogP contribution in [0, 0.1) is 5.82 Å². The van der Waals surface area contributed by atoms with Crippen molar-refractivity contribution in [3.63, 3.8) is 0 Å². The predicted molar refractivity (Wildman–Crippen MR) is 128 cm³/mol. The van der Waals surface area contributed by atoms with Gasteiger partial charge in [-0.25, -0.2) is 9.37 Å². The number of nitrogens with zero attached hydrogens (tertiary/aromatic N) is 3. The molecule has 10 heteroatoms. The highest BCUT2D eigenvalue weighted by Gasteiger charge is 2.20. The molecule has 3 aromatic rings. The van der Waals surface area contributed by atoms with Crippen molar-refractivity contribution in [3.8, 4) is 17.4 Å². The number of benzene rings is 2. The summed E-state index contributed by atoms with van der Waals surface area (Å²) < 4.78 is 31.0. The fourth-order valence-corrected chi connectivity index (χ4v) is 4.05. The zero-order valence-electron chi connectivity index (χ0n) is 18.5. The van der Waals surface area contributed by atoms with Gasteiger partial charge in [-0.2, -0.15) is 4.98 Å². The number of hydrogen-bond acceptors (Lipinski definition) is 8. The quantitative estimate of drug-likeness (QED) is 0.460.